The molecule has 1 aromatic heterocycles. The van der Waals surface area contributed by atoms with Gasteiger partial charge in [-0.1, -0.05) is 55.5 Å². The Hall–Kier alpha value is -3.17. The molecule has 35 heavy (non-hydrogen) atoms. The van der Waals surface area contributed by atoms with Crippen LogP contribution >= 0.6 is 11.6 Å². The Morgan fingerprint density at radius 3 is 2.20 bits per heavy atom. The second kappa shape index (κ2) is 11.5. The van der Waals surface area contributed by atoms with Crippen molar-refractivity contribution in [3.8, 4) is 18.0 Å². The van der Waals surface area contributed by atoms with E-state index in [0.717, 1.165) is 24.8 Å². The van der Waals surface area contributed by atoms with Crippen LogP contribution in [0.2, 0.25) is 5.02 Å². The minimum Gasteiger partial charge on any atom is -0.460 e. The van der Waals surface area contributed by atoms with E-state index in [1.54, 1.807) is 12.2 Å². The molecule has 2 fully saturated rings. The molecule has 0 bridgehead atoms. The Kier molecular flexibility index (Phi) is 8.20. The third kappa shape index (κ3) is 5.91. The summed E-state index contributed by atoms with van der Waals surface area (Å²) in [4.78, 5) is 27.9. The molecular weight excluding hydrogens is 472 g/mol. The number of rotatable bonds is 11. The molecule has 1 aliphatic carbocycles. The molecule has 1 aromatic carbocycles. The number of carbonyl (C=O) groups excluding carboxylic acids is 1. The zero-order valence-electron chi connectivity index (χ0n) is 19.5. The van der Waals surface area contributed by atoms with Crippen LogP contribution in [0.15, 0.2) is 49.6 Å². The second-order valence-electron chi connectivity index (χ2n) is 8.38. The van der Waals surface area contributed by atoms with Crippen LogP contribution in [-0.4, -0.2) is 71.4 Å². The van der Waals surface area contributed by atoms with Crippen molar-refractivity contribution in [1.29, 1.82) is 0 Å². The Labute approximate surface area is 209 Å². The number of benzene rings is 1. The summed E-state index contributed by atoms with van der Waals surface area (Å²) in [7, 11) is 0. The predicted molar refractivity (Wildman–Crippen MR) is 130 cm³/mol. The topological polar surface area (TPSA) is 95.9 Å². The number of halogens is 1. The Morgan fingerprint density at radius 2 is 1.66 bits per heavy atom. The molecule has 1 amide bonds. The van der Waals surface area contributed by atoms with Crippen LogP contribution < -0.4 is 14.2 Å². The van der Waals surface area contributed by atoms with E-state index >= 15 is 0 Å². The predicted octanol–water partition coefficient (Wildman–Crippen LogP) is 3.38. The third-order valence-corrected chi connectivity index (χ3v) is 6.32. The molecule has 186 valence electrons. The van der Waals surface area contributed by atoms with Crippen molar-refractivity contribution in [2.75, 3.05) is 39.5 Å². The van der Waals surface area contributed by atoms with Crippen LogP contribution in [0.25, 0.3) is 0 Å². The summed E-state index contributed by atoms with van der Waals surface area (Å²) in [6, 6.07) is 7.76. The fourth-order valence-electron chi connectivity index (χ4n) is 4.18. The number of hydrogen-bond acceptors (Lipinski definition) is 8. The maximum absolute atomic E-state index is 13.6. The Morgan fingerprint density at radius 1 is 1.06 bits per heavy atom. The van der Waals surface area contributed by atoms with Crippen LogP contribution in [0.3, 0.4) is 0 Å². The van der Waals surface area contributed by atoms with Gasteiger partial charge in [-0.2, -0.15) is 0 Å². The van der Waals surface area contributed by atoms with Crippen molar-refractivity contribution >= 4 is 17.5 Å². The summed E-state index contributed by atoms with van der Waals surface area (Å²) in [5, 5.41) is 0.661. The first-order valence-electron chi connectivity index (χ1n) is 11.6. The van der Waals surface area contributed by atoms with Gasteiger partial charge in [-0.3, -0.25) is 4.79 Å². The standard InChI is InChI=1S/C25H29ClN4O5/c1-3-13-33-22-27-23(34-14-4-2)29-24(28-22)35-17-20-16-30(12-15-32-20)21(31)25(10-5-11-25)18-6-8-19(26)9-7-18/h3-4,6-9,20H,1-2,5,10-17H2. The highest BCUT2D eigenvalue weighted by Crippen LogP contribution is 2.45. The summed E-state index contributed by atoms with van der Waals surface area (Å²) in [6.45, 7) is 9.21. The van der Waals surface area contributed by atoms with E-state index in [9.17, 15) is 4.79 Å². The van der Waals surface area contributed by atoms with Gasteiger partial charge in [0.2, 0.25) is 5.91 Å². The highest BCUT2D eigenvalue weighted by molar-refractivity contribution is 6.30. The molecule has 1 unspecified atom stereocenters. The number of nitrogens with zero attached hydrogens (tertiary/aromatic N) is 4. The van der Waals surface area contributed by atoms with Crippen molar-refractivity contribution in [3.05, 3.63) is 60.2 Å². The zero-order valence-corrected chi connectivity index (χ0v) is 20.3. The average molecular weight is 501 g/mol. The van der Waals surface area contributed by atoms with Gasteiger partial charge in [0.1, 0.15) is 25.9 Å². The summed E-state index contributed by atoms with van der Waals surface area (Å²) < 4.78 is 22.5. The molecule has 1 atom stereocenters. The van der Waals surface area contributed by atoms with Crippen LogP contribution in [0.5, 0.6) is 18.0 Å². The van der Waals surface area contributed by atoms with Crippen molar-refractivity contribution in [2.45, 2.75) is 30.8 Å². The molecule has 0 radical (unpaired) electrons. The molecule has 9 nitrogen and oxygen atoms in total. The highest BCUT2D eigenvalue weighted by Gasteiger charge is 2.48. The van der Waals surface area contributed by atoms with Crippen molar-refractivity contribution < 1.29 is 23.7 Å². The minimum atomic E-state index is -0.490. The van der Waals surface area contributed by atoms with E-state index in [4.69, 9.17) is 30.5 Å². The van der Waals surface area contributed by atoms with Gasteiger partial charge in [-0.05, 0) is 30.5 Å². The molecule has 0 N–H and O–H groups in total. The average Bonchev–Trinajstić information content (AvgIpc) is 2.85. The number of morpholine rings is 1. The maximum atomic E-state index is 13.6. The lowest BCUT2D eigenvalue weighted by atomic mass is 9.63. The maximum Gasteiger partial charge on any atom is 0.326 e. The number of aromatic nitrogens is 3. The van der Waals surface area contributed by atoms with Gasteiger partial charge in [0.25, 0.3) is 0 Å². The van der Waals surface area contributed by atoms with Crippen molar-refractivity contribution in [1.82, 2.24) is 19.9 Å². The third-order valence-electron chi connectivity index (χ3n) is 6.07. The number of ether oxygens (including phenoxy) is 4. The molecular formula is C25H29ClN4O5. The lowest BCUT2D eigenvalue weighted by Gasteiger charge is -2.45. The summed E-state index contributed by atoms with van der Waals surface area (Å²) in [5.41, 5.74) is 0.526. The number of hydrogen-bond donors (Lipinski definition) is 0. The van der Waals surface area contributed by atoms with Gasteiger partial charge < -0.3 is 23.8 Å². The molecule has 2 heterocycles. The van der Waals surface area contributed by atoms with Crippen molar-refractivity contribution in [2.24, 2.45) is 0 Å². The van der Waals surface area contributed by atoms with E-state index in [-0.39, 0.29) is 49.9 Å². The molecule has 4 rings (SSSR count). The number of carbonyl (C=O) groups is 1. The Balaban J connectivity index is 1.40. The largest absolute Gasteiger partial charge is 0.460 e. The first-order valence-corrected chi connectivity index (χ1v) is 11.9. The van der Waals surface area contributed by atoms with Gasteiger partial charge in [-0.15, -0.1) is 15.0 Å². The van der Waals surface area contributed by atoms with E-state index in [0.29, 0.717) is 24.7 Å². The van der Waals surface area contributed by atoms with Gasteiger partial charge in [-0.25, -0.2) is 0 Å². The fourth-order valence-corrected chi connectivity index (χ4v) is 4.31. The lowest BCUT2D eigenvalue weighted by Crippen LogP contribution is -2.56. The summed E-state index contributed by atoms with van der Waals surface area (Å²) >= 11 is 6.06. The van der Waals surface area contributed by atoms with Crippen LogP contribution in [0.4, 0.5) is 0 Å². The highest BCUT2D eigenvalue weighted by atomic mass is 35.5. The summed E-state index contributed by atoms with van der Waals surface area (Å²) in [5.74, 6) is 0.125. The quantitative estimate of drug-likeness (QED) is 0.433. The summed E-state index contributed by atoms with van der Waals surface area (Å²) in [6.07, 6.45) is 5.51. The number of amides is 1. The molecule has 2 aromatic rings. The van der Waals surface area contributed by atoms with E-state index < -0.39 is 5.41 Å². The molecule has 1 saturated carbocycles. The molecule has 1 aliphatic heterocycles. The van der Waals surface area contributed by atoms with Crippen LogP contribution in [0.1, 0.15) is 24.8 Å². The van der Waals surface area contributed by atoms with Gasteiger partial charge in [0.15, 0.2) is 0 Å². The normalized spacial score (nSPS) is 18.8. The smallest absolute Gasteiger partial charge is 0.326 e. The minimum absolute atomic E-state index is 0.0433. The first kappa shape index (κ1) is 24.9. The second-order valence-corrected chi connectivity index (χ2v) is 8.82. The van der Waals surface area contributed by atoms with Crippen molar-refractivity contribution in [3.63, 3.8) is 0 Å². The van der Waals surface area contributed by atoms with Gasteiger partial charge in [0.05, 0.1) is 18.6 Å². The van der Waals surface area contributed by atoms with Gasteiger partial charge in [0, 0.05) is 11.6 Å². The van der Waals surface area contributed by atoms with Gasteiger partial charge >= 0.3 is 18.0 Å². The molecule has 2 aliphatic rings. The van der Waals surface area contributed by atoms with Crippen LogP contribution in [0, 0.1) is 0 Å². The molecule has 10 heteroatoms. The van der Waals surface area contributed by atoms with E-state index in [2.05, 4.69) is 28.1 Å². The Bertz CT molecular complexity index is 1010. The fraction of sp³-hybridized carbons (Fsp3) is 0.440. The molecule has 0 spiro atoms. The SMILES string of the molecule is C=CCOc1nc(OCC=C)nc(OCC2CN(C(=O)C3(c4ccc(Cl)cc4)CCC3)CCO2)n1. The zero-order chi connectivity index (χ0) is 24.7. The lowest BCUT2D eigenvalue weighted by molar-refractivity contribution is -0.149. The van der Waals surface area contributed by atoms with E-state index in [1.807, 2.05) is 29.2 Å². The monoisotopic (exact) mass is 500 g/mol. The van der Waals surface area contributed by atoms with Crippen LogP contribution in [-0.2, 0) is 14.9 Å². The van der Waals surface area contributed by atoms with E-state index in [1.165, 1.54) is 0 Å². The molecule has 1 saturated heterocycles. The first-order chi connectivity index (χ1) is 17.0.